The molecule has 1 aliphatic heterocycles. The summed E-state index contributed by atoms with van der Waals surface area (Å²) in [5.41, 5.74) is 3.11. The zero-order valence-corrected chi connectivity index (χ0v) is 17.6. The van der Waals surface area contributed by atoms with Crippen LogP contribution in [0.15, 0.2) is 59.4 Å². The number of ether oxygens (including phenoxy) is 2. The van der Waals surface area contributed by atoms with Crippen molar-refractivity contribution in [2.45, 2.75) is 25.2 Å². The second-order valence-electron chi connectivity index (χ2n) is 7.57. The van der Waals surface area contributed by atoms with Gasteiger partial charge in [-0.25, -0.2) is 14.5 Å². The van der Waals surface area contributed by atoms with Gasteiger partial charge in [0, 0.05) is 24.3 Å². The molecule has 1 atom stereocenters. The molecule has 4 heterocycles. The van der Waals surface area contributed by atoms with Gasteiger partial charge in [0.1, 0.15) is 17.8 Å². The van der Waals surface area contributed by atoms with Crippen LogP contribution < -0.4 is 9.47 Å². The van der Waals surface area contributed by atoms with E-state index in [1.54, 1.807) is 29.3 Å². The van der Waals surface area contributed by atoms with Gasteiger partial charge in [0.05, 0.1) is 17.6 Å². The summed E-state index contributed by atoms with van der Waals surface area (Å²) in [6.07, 6.45) is 3.67. The van der Waals surface area contributed by atoms with E-state index in [0.29, 0.717) is 29.3 Å². The average Bonchev–Trinajstić information content (AvgIpc) is 3.48. The first-order valence-corrected chi connectivity index (χ1v) is 11.0. The van der Waals surface area contributed by atoms with E-state index in [4.69, 9.17) is 14.5 Å². The summed E-state index contributed by atoms with van der Waals surface area (Å²) in [5.74, 6) is 2.42. The number of hydrogen-bond donors (Lipinski definition) is 0. The van der Waals surface area contributed by atoms with Crippen molar-refractivity contribution in [2.75, 3.05) is 7.11 Å². The molecule has 1 aromatic carbocycles. The molecule has 0 amide bonds. The number of benzene rings is 1. The first-order chi connectivity index (χ1) is 15.2. The monoisotopic (exact) mass is 430 g/mol. The van der Waals surface area contributed by atoms with Gasteiger partial charge in [-0.05, 0) is 35.6 Å². The van der Waals surface area contributed by atoms with Crippen molar-refractivity contribution >= 4 is 22.8 Å². The zero-order chi connectivity index (χ0) is 20.9. The molecule has 2 aliphatic rings. The van der Waals surface area contributed by atoms with Gasteiger partial charge in [-0.3, -0.25) is 4.79 Å². The highest BCUT2D eigenvalue weighted by Crippen LogP contribution is 2.47. The first-order valence-electron chi connectivity index (χ1n) is 10.1. The van der Waals surface area contributed by atoms with Crippen molar-refractivity contribution in [1.82, 2.24) is 19.6 Å². The Balaban J connectivity index is 1.60. The largest absolute Gasteiger partial charge is 0.497 e. The minimum absolute atomic E-state index is 0.118. The highest BCUT2D eigenvalue weighted by molar-refractivity contribution is 7.13. The number of allylic oxidation sites excluding steroid dienone is 2. The standard InChI is InChI=1S/C23H18N4O3S/c1-29-14-9-7-13(8-10-14)18-19-15(28)4-2-5-16(19)30-23-20(18)22-25-21(17-6-3-11-31-17)26-27(22)12-24-23/h3,6-12,18H,2,4-5H2,1H3/t18-/m0/s1. The van der Waals surface area contributed by atoms with E-state index < -0.39 is 0 Å². The van der Waals surface area contributed by atoms with Crippen LogP contribution >= 0.6 is 11.3 Å². The number of carbonyl (C=O) groups is 1. The van der Waals surface area contributed by atoms with Gasteiger partial charge >= 0.3 is 0 Å². The summed E-state index contributed by atoms with van der Waals surface area (Å²) in [4.78, 5) is 23.4. The number of ketones is 1. The summed E-state index contributed by atoms with van der Waals surface area (Å²) in [5, 5.41) is 6.61. The number of methoxy groups -OCH3 is 1. The molecule has 6 rings (SSSR count). The van der Waals surface area contributed by atoms with Crippen LogP contribution in [-0.4, -0.2) is 32.5 Å². The van der Waals surface area contributed by atoms with Crippen LogP contribution in [0.4, 0.5) is 0 Å². The lowest BCUT2D eigenvalue weighted by Crippen LogP contribution is -2.26. The Morgan fingerprint density at radius 1 is 1.19 bits per heavy atom. The maximum absolute atomic E-state index is 13.0. The topological polar surface area (TPSA) is 78.6 Å². The highest BCUT2D eigenvalue weighted by atomic mass is 32.1. The third-order valence-corrected chi connectivity index (χ3v) is 6.65. The molecule has 0 fully saturated rings. The molecule has 0 unspecified atom stereocenters. The van der Waals surface area contributed by atoms with Gasteiger partial charge in [0.25, 0.3) is 0 Å². The third-order valence-electron chi connectivity index (χ3n) is 5.78. The molecule has 0 bridgehead atoms. The fourth-order valence-corrected chi connectivity index (χ4v) is 5.01. The summed E-state index contributed by atoms with van der Waals surface area (Å²) >= 11 is 1.58. The Morgan fingerprint density at radius 3 is 2.84 bits per heavy atom. The van der Waals surface area contributed by atoms with Crippen molar-refractivity contribution in [1.29, 1.82) is 0 Å². The van der Waals surface area contributed by atoms with Gasteiger partial charge in [0.15, 0.2) is 17.3 Å². The second-order valence-corrected chi connectivity index (χ2v) is 8.51. The number of hydrogen-bond acceptors (Lipinski definition) is 7. The Morgan fingerprint density at radius 2 is 2.06 bits per heavy atom. The van der Waals surface area contributed by atoms with Crippen LogP contribution in [0.1, 0.15) is 36.3 Å². The van der Waals surface area contributed by atoms with E-state index >= 15 is 0 Å². The number of fused-ring (bicyclic) bond motifs is 3. The van der Waals surface area contributed by atoms with Crippen molar-refractivity contribution in [2.24, 2.45) is 0 Å². The molecular weight excluding hydrogens is 412 g/mol. The molecule has 3 aromatic heterocycles. The van der Waals surface area contributed by atoms with E-state index in [0.717, 1.165) is 40.4 Å². The Kier molecular flexibility index (Phi) is 4.14. The highest BCUT2D eigenvalue weighted by Gasteiger charge is 2.39. The fourth-order valence-electron chi connectivity index (χ4n) is 4.36. The van der Waals surface area contributed by atoms with Crippen LogP contribution in [0.5, 0.6) is 11.6 Å². The van der Waals surface area contributed by atoms with Crippen LogP contribution in [0.25, 0.3) is 16.3 Å². The second kappa shape index (κ2) is 7.02. The maximum atomic E-state index is 13.0. The molecule has 8 heteroatoms. The molecule has 0 spiro atoms. The molecular formula is C23H18N4O3S. The molecule has 1 aliphatic carbocycles. The van der Waals surface area contributed by atoms with Crippen LogP contribution in [0.3, 0.4) is 0 Å². The van der Waals surface area contributed by atoms with Crippen LogP contribution in [0, 0.1) is 0 Å². The summed E-state index contributed by atoms with van der Waals surface area (Å²) in [6.45, 7) is 0. The van der Waals surface area contributed by atoms with E-state index in [-0.39, 0.29) is 11.7 Å². The number of aromatic nitrogens is 4. The molecule has 4 aromatic rings. The fraction of sp³-hybridized carbons (Fsp3) is 0.217. The summed E-state index contributed by atoms with van der Waals surface area (Å²) in [7, 11) is 1.64. The Labute approximate surface area is 182 Å². The smallest absolute Gasteiger partial charge is 0.228 e. The molecule has 0 saturated heterocycles. The predicted octanol–water partition coefficient (Wildman–Crippen LogP) is 4.39. The van der Waals surface area contributed by atoms with Crippen molar-refractivity contribution in [3.05, 3.63) is 70.6 Å². The lowest BCUT2D eigenvalue weighted by molar-refractivity contribution is -0.116. The normalized spacial score (nSPS) is 18.0. The molecule has 31 heavy (non-hydrogen) atoms. The SMILES string of the molecule is COc1ccc([C@H]2C3=C(CCCC3=O)Oc3ncn4nc(-c5cccs5)nc4c32)cc1. The van der Waals surface area contributed by atoms with Crippen LogP contribution in [0.2, 0.25) is 0 Å². The Hall–Kier alpha value is -3.52. The van der Waals surface area contributed by atoms with Gasteiger partial charge < -0.3 is 9.47 Å². The van der Waals surface area contributed by atoms with E-state index in [9.17, 15) is 4.79 Å². The van der Waals surface area contributed by atoms with E-state index in [2.05, 4.69) is 10.1 Å². The van der Waals surface area contributed by atoms with Crippen LogP contribution in [-0.2, 0) is 4.79 Å². The number of carbonyl (C=O) groups excluding carboxylic acids is 1. The average molecular weight is 430 g/mol. The van der Waals surface area contributed by atoms with Gasteiger partial charge in [0.2, 0.25) is 5.88 Å². The molecule has 7 nitrogen and oxygen atoms in total. The minimum atomic E-state index is -0.311. The van der Waals surface area contributed by atoms with E-state index in [1.807, 2.05) is 41.8 Å². The minimum Gasteiger partial charge on any atom is -0.497 e. The first kappa shape index (κ1) is 18.3. The van der Waals surface area contributed by atoms with Crippen molar-refractivity contribution in [3.8, 4) is 22.3 Å². The molecule has 0 saturated carbocycles. The summed E-state index contributed by atoms with van der Waals surface area (Å²) < 4.78 is 13.2. The number of rotatable bonds is 3. The quantitative estimate of drug-likeness (QED) is 0.480. The Bertz CT molecular complexity index is 1340. The third kappa shape index (κ3) is 2.86. The van der Waals surface area contributed by atoms with Crippen molar-refractivity contribution < 1.29 is 14.3 Å². The number of nitrogens with zero attached hydrogens (tertiary/aromatic N) is 4. The van der Waals surface area contributed by atoms with Gasteiger partial charge in [-0.15, -0.1) is 16.4 Å². The maximum Gasteiger partial charge on any atom is 0.228 e. The molecule has 154 valence electrons. The zero-order valence-electron chi connectivity index (χ0n) is 16.7. The van der Waals surface area contributed by atoms with Gasteiger partial charge in [-0.1, -0.05) is 18.2 Å². The molecule has 0 radical (unpaired) electrons. The number of thiophene rings is 1. The van der Waals surface area contributed by atoms with Crippen molar-refractivity contribution in [3.63, 3.8) is 0 Å². The lowest BCUT2D eigenvalue weighted by Gasteiger charge is -2.32. The number of Topliss-reactive ketones (excluding diaryl/α,β-unsaturated/α-hetero) is 1. The lowest BCUT2D eigenvalue weighted by atomic mass is 9.78. The summed E-state index contributed by atoms with van der Waals surface area (Å²) in [6, 6.07) is 11.8. The molecule has 0 N–H and O–H groups in total. The van der Waals surface area contributed by atoms with E-state index in [1.165, 1.54) is 0 Å². The van der Waals surface area contributed by atoms with Gasteiger partial charge in [-0.2, -0.15) is 0 Å². The predicted molar refractivity (Wildman–Crippen MR) is 115 cm³/mol.